The fourth-order valence-electron chi connectivity index (χ4n) is 6.06. The first-order valence-electron chi connectivity index (χ1n) is 9.85. The molecular weight excluding hydrogens is 346 g/mol. The molecule has 3 atom stereocenters. The van der Waals surface area contributed by atoms with Crippen LogP contribution in [0.3, 0.4) is 0 Å². The standard InChI is InChI=1S/C22H27NO2.ClH/c24-17-7-6-16-14-21-19-5-1-2-9-22(19,20(16)15-17)10-12-23(21)11-8-18-4-3-13-25-18;/h3-4,6-7,13,15,19,21,24H,1-2,5,8-12,14H2;1H/t19-,21-,22-;/m1./s1. The summed E-state index contributed by atoms with van der Waals surface area (Å²) in [5.41, 5.74) is 3.26. The van der Waals surface area contributed by atoms with E-state index < -0.39 is 0 Å². The summed E-state index contributed by atoms with van der Waals surface area (Å²) in [4.78, 5) is 2.73. The van der Waals surface area contributed by atoms with Gasteiger partial charge in [0.05, 0.1) is 6.26 Å². The van der Waals surface area contributed by atoms with Crippen molar-refractivity contribution in [1.82, 2.24) is 4.90 Å². The molecule has 3 nitrogen and oxygen atoms in total. The predicted octanol–water partition coefficient (Wildman–Crippen LogP) is 4.71. The van der Waals surface area contributed by atoms with Gasteiger partial charge in [-0.25, -0.2) is 0 Å². The van der Waals surface area contributed by atoms with Crippen LogP contribution in [0.5, 0.6) is 5.75 Å². The van der Waals surface area contributed by atoms with E-state index in [1.807, 2.05) is 12.1 Å². The average molecular weight is 374 g/mol. The zero-order chi connectivity index (χ0) is 16.9. The third kappa shape index (κ3) is 2.76. The molecule has 0 spiro atoms. The van der Waals surface area contributed by atoms with Crippen LogP contribution in [0.2, 0.25) is 0 Å². The molecular formula is C22H28ClNO2. The van der Waals surface area contributed by atoms with E-state index >= 15 is 0 Å². The largest absolute Gasteiger partial charge is 0.508 e. The van der Waals surface area contributed by atoms with Crippen LogP contribution in [0.25, 0.3) is 0 Å². The summed E-state index contributed by atoms with van der Waals surface area (Å²) in [6, 6.07) is 10.9. The van der Waals surface area contributed by atoms with Crippen molar-refractivity contribution >= 4 is 12.4 Å². The molecule has 1 aromatic heterocycles. The average Bonchev–Trinajstić information content (AvgIpc) is 3.15. The van der Waals surface area contributed by atoms with Gasteiger partial charge in [-0.05, 0) is 73.5 Å². The molecule has 2 heterocycles. The normalized spacial score (nSPS) is 30.2. The Morgan fingerprint density at radius 2 is 2.12 bits per heavy atom. The summed E-state index contributed by atoms with van der Waals surface area (Å²) in [6.07, 6.45) is 10.5. The van der Waals surface area contributed by atoms with E-state index in [1.54, 1.807) is 6.26 Å². The van der Waals surface area contributed by atoms with Crippen LogP contribution in [0.1, 0.15) is 49.0 Å². The minimum Gasteiger partial charge on any atom is -0.508 e. The number of furan rings is 1. The van der Waals surface area contributed by atoms with Crippen LogP contribution in [-0.4, -0.2) is 29.1 Å². The van der Waals surface area contributed by atoms with Gasteiger partial charge in [-0.3, -0.25) is 4.90 Å². The first-order chi connectivity index (χ1) is 12.3. The molecule has 4 heteroatoms. The molecule has 0 amide bonds. The van der Waals surface area contributed by atoms with Crippen molar-refractivity contribution in [3.63, 3.8) is 0 Å². The van der Waals surface area contributed by atoms with Crippen LogP contribution in [-0.2, 0) is 18.3 Å². The number of piperidine rings is 1. The summed E-state index contributed by atoms with van der Waals surface area (Å²) >= 11 is 0. The summed E-state index contributed by atoms with van der Waals surface area (Å²) in [6.45, 7) is 2.27. The number of hydrogen-bond donors (Lipinski definition) is 1. The molecule has 26 heavy (non-hydrogen) atoms. The maximum absolute atomic E-state index is 10.1. The zero-order valence-corrected chi connectivity index (χ0v) is 16.0. The van der Waals surface area contributed by atoms with Gasteiger partial charge < -0.3 is 9.52 Å². The molecule has 1 aliphatic heterocycles. The van der Waals surface area contributed by atoms with Gasteiger partial charge in [-0.15, -0.1) is 12.4 Å². The Morgan fingerprint density at radius 3 is 2.96 bits per heavy atom. The molecule has 0 unspecified atom stereocenters. The van der Waals surface area contributed by atoms with Crippen LogP contribution >= 0.6 is 12.4 Å². The van der Waals surface area contributed by atoms with Crippen LogP contribution < -0.4 is 0 Å². The van der Waals surface area contributed by atoms with E-state index in [4.69, 9.17) is 4.42 Å². The van der Waals surface area contributed by atoms with Crippen molar-refractivity contribution in [1.29, 1.82) is 0 Å². The SMILES string of the molecule is Cl.Oc1ccc2c(c1)[C@@]13CCCC[C@@H]1[C@@H](C2)N(CCc1ccco1)CC3. The van der Waals surface area contributed by atoms with Crippen molar-refractivity contribution in [2.75, 3.05) is 13.1 Å². The van der Waals surface area contributed by atoms with Crippen LogP contribution in [0.15, 0.2) is 41.0 Å². The lowest BCUT2D eigenvalue weighted by molar-refractivity contribution is -0.0112. The lowest BCUT2D eigenvalue weighted by atomic mass is 9.52. The molecule has 2 bridgehead atoms. The van der Waals surface area contributed by atoms with Gasteiger partial charge in [0.1, 0.15) is 11.5 Å². The fourth-order valence-corrected chi connectivity index (χ4v) is 6.06. The second-order valence-corrected chi connectivity index (χ2v) is 8.24. The first kappa shape index (κ1) is 17.9. The Labute approximate surface area is 161 Å². The molecule has 3 aliphatic rings. The Bertz CT molecular complexity index is 760. The van der Waals surface area contributed by atoms with Crippen LogP contribution in [0, 0.1) is 5.92 Å². The number of phenolic OH excluding ortho intramolecular Hbond substituents is 1. The van der Waals surface area contributed by atoms with Crippen molar-refractivity contribution in [3.05, 3.63) is 53.5 Å². The highest BCUT2D eigenvalue weighted by atomic mass is 35.5. The van der Waals surface area contributed by atoms with Gasteiger partial charge >= 0.3 is 0 Å². The number of halogens is 1. The van der Waals surface area contributed by atoms with E-state index in [9.17, 15) is 5.11 Å². The third-order valence-corrected chi connectivity index (χ3v) is 7.16. The summed E-state index contributed by atoms with van der Waals surface area (Å²) in [7, 11) is 0. The minimum absolute atomic E-state index is 0. The molecule has 2 fully saturated rings. The molecule has 5 rings (SSSR count). The second-order valence-electron chi connectivity index (χ2n) is 8.24. The highest BCUT2D eigenvalue weighted by Gasteiger charge is 2.53. The Balaban J connectivity index is 0.00000168. The number of phenols is 1. The van der Waals surface area contributed by atoms with Crippen molar-refractivity contribution in [2.24, 2.45) is 5.92 Å². The number of rotatable bonds is 3. The molecule has 0 radical (unpaired) electrons. The van der Waals surface area contributed by atoms with Gasteiger partial charge in [-0.1, -0.05) is 18.9 Å². The number of likely N-dealkylation sites (tertiary alicyclic amines) is 1. The van der Waals surface area contributed by atoms with Crippen molar-refractivity contribution in [3.8, 4) is 5.75 Å². The molecule has 2 aromatic rings. The monoisotopic (exact) mass is 373 g/mol. The number of nitrogens with zero attached hydrogens (tertiary/aromatic N) is 1. The van der Waals surface area contributed by atoms with Gasteiger partial charge in [0.2, 0.25) is 0 Å². The van der Waals surface area contributed by atoms with E-state index in [0.717, 1.165) is 31.1 Å². The number of benzene rings is 1. The van der Waals surface area contributed by atoms with Gasteiger partial charge in [0.15, 0.2) is 0 Å². The van der Waals surface area contributed by atoms with Gasteiger partial charge in [0, 0.05) is 24.4 Å². The smallest absolute Gasteiger partial charge is 0.115 e. The van der Waals surface area contributed by atoms with E-state index in [2.05, 4.69) is 23.1 Å². The second kappa shape index (κ2) is 6.94. The predicted molar refractivity (Wildman–Crippen MR) is 105 cm³/mol. The fraction of sp³-hybridized carbons (Fsp3) is 0.545. The molecule has 2 aliphatic carbocycles. The summed E-state index contributed by atoms with van der Waals surface area (Å²) < 4.78 is 5.55. The number of fused-ring (bicyclic) bond motifs is 1. The lowest BCUT2D eigenvalue weighted by Crippen LogP contribution is -2.61. The number of aromatic hydroxyl groups is 1. The van der Waals surface area contributed by atoms with Crippen molar-refractivity contribution < 1.29 is 9.52 Å². The first-order valence-corrected chi connectivity index (χ1v) is 9.85. The molecule has 1 aromatic carbocycles. The summed E-state index contributed by atoms with van der Waals surface area (Å²) in [5, 5.41) is 10.1. The Kier molecular flexibility index (Phi) is 4.79. The highest BCUT2D eigenvalue weighted by molar-refractivity contribution is 5.85. The maximum Gasteiger partial charge on any atom is 0.115 e. The van der Waals surface area contributed by atoms with Gasteiger partial charge in [-0.2, -0.15) is 0 Å². The Hall–Kier alpha value is -1.45. The minimum atomic E-state index is 0. The van der Waals surface area contributed by atoms with E-state index in [0.29, 0.717) is 17.2 Å². The van der Waals surface area contributed by atoms with Crippen molar-refractivity contribution in [2.45, 2.75) is 56.4 Å². The van der Waals surface area contributed by atoms with Crippen LogP contribution in [0.4, 0.5) is 0 Å². The Morgan fingerprint density at radius 1 is 1.19 bits per heavy atom. The van der Waals surface area contributed by atoms with E-state index in [-0.39, 0.29) is 12.4 Å². The third-order valence-electron chi connectivity index (χ3n) is 7.16. The van der Waals surface area contributed by atoms with Gasteiger partial charge in [0.25, 0.3) is 0 Å². The highest BCUT2D eigenvalue weighted by Crippen LogP contribution is 2.56. The molecule has 1 N–H and O–H groups in total. The topological polar surface area (TPSA) is 36.6 Å². The molecule has 1 saturated heterocycles. The number of hydrogen-bond acceptors (Lipinski definition) is 3. The van der Waals surface area contributed by atoms with E-state index in [1.165, 1.54) is 49.8 Å². The quantitative estimate of drug-likeness (QED) is 0.846. The lowest BCUT2D eigenvalue weighted by Gasteiger charge is -2.59. The summed E-state index contributed by atoms with van der Waals surface area (Å²) in [5.74, 6) is 2.29. The maximum atomic E-state index is 10.1. The molecule has 1 saturated carbocycles. The zero-order valence-electron chi connectivity index (χ0n) is 15.2. The molecule has 140 valence electrons.